The quantitative estimate of drug-likeness (QED) is 0.395. The van der Waals surface area contributed by atoms with Crippen molar-refractivity contribution in [2.24, 2.45) is 33.5 Å². The van der Waals surface area contributed by atoms with Crippen LogP contribution in [0.3, 0.4) is 0 Å². The molecular weight excluding hydrogens is 462 g/mol. The highest BCUT2D eigenvalue weighted by molar-refractivity contribution is 6.10. The summed E-state index contributed by atoms with van der Waals surface area (Å²) in [6.07, 6.45) is 12.6. The third kappa shape index (κ3) is 3.21. The van der Waals surface area contributed by atoms with Gasteiger partial charge in [0.15, 0.2) is 5.78 Å². The Hall–Kier alpha value is -1.79. The van der Waals surface area contributed by atoms with Gasteiger partial charge in [0.2, 0.25) is 0 Å². The van der Waals surface area contributed by atoms with Crippen molar-refractivity contribution in [1.82, 2.24) is 4.90 Å². The molecule has 5 heteroatoms. The summed E-state index contributed by atoms with van der Waals surface area (Å²) in [5.74, 6) is 0.567. The highest BCUT2D eigenvalue weighted by atomic mass is 16.3. The Labute approximate surface area is 221 Å². The molecular formula is C32H43NO4. The average Bonchev–Trinajstić information content (AvgIpc) is 3.14. The molecule has 0 aliphatic heterocycles. The summed E-state index contributed by atoms with van der Waals surface area (Å²) in [6, 6.07) is 9.66. The van der Waals surface area contributed by atoms with Crippen LogP contribution in [0.15, 0.2) is 54.1 Å². The number of hydrogen-bond acceptors (Lipinski definition) is 5. The number of benzene rings is 1. The van der Waals surface area contributed by atoms with Crippen LogP contribution in [0.5, 0.6) is 0 Å². The molecule has 6 aliphatic rings. The van der Waals surface area contributed by atoms with Gasteiger partial charge in [0.25, 0.3) is 0 Å². The van der Waals surface area contributed by atoms with Crippen molar-refractivity contribution in [2.75, 3.05) is 26.7 Å². The second kappa shape index (κ2) is 8.35. The molecule has 0 amide bonds. The number of likely N-dealkylation sites (N-methyl/N-ethyl adjacent to an activating group) is 1. The normalized spacial score (nSPS) is 45.8. The lowest BCUT2D eigenvalue weighted by molar-refractivity contribution is -0.175. The van der Waals surface area contributed by atoms with Gasteiger partial charge in [-0.1, -0.05) is 62.4 Å². The second-order valence-electron chi connectivity index (χ2n) is 13.5. The summed E-state index contributed by atoms with van der Waals surface area (Å²) >= 11 is 0. The topological polar surface area (TPSA) is 81.0 Å². The Kier molecular flexibility index (Phi) is 5.75. The number of ketones is 1. The van der Waals surface area contributed by atoms with E-state index in [-0.39, 0.29) is 40.7 Å². The van der Waals surface area contributed by atoms with E-state index in [9.17, 15) is 20.1 Å². The zero-order valence-corrected chi connectivity index (χ0v) is 22.6. The van der Waals surface area contributed by atoms with Crippen LogP contribution in [0.2, 0.25) is 0 Å². The molecule has 0 radical (unpaired) electrons. The van der Waals surface area contributed by atoms with Crippen molar-refractivity contribution in [2.45, 2.75) is 70.5 Å². The van der Waals surface area contributed by atoms with Gasteiger partial charge in [-0.2, -0.15) is 0 Å². The molecule has 3 saturated carbocycles. The maximum atomic E-state index is 14.4. The molecule has 0 aromatic heterocycles. The van der Waals surface area contributed by atoms with E-state index in [2.05, 4.69) is 37.0 Å². The first-order chi connectivity index (χ1) is 17.6. The van der Waals surface area contributed by atoms with Gasteiger partial charge in [0, 0.05) is 40.5 Å². The number of allylic oxidation sites excluding steroid dienone is 4. The predicted octanol–water partition coefficient (Wildman–Crippen LogP) is 4.38. The van der Waals surface area contributed by atoms with Crippen molar-refractivity contribution in [1.29, 1.82) is 0 Å². The van der Waals surface area contributed by atoms with E-state index in [1.165, 1.54) is 0 Å². The summed E-state index contributed by atoms with van der Waals surface area (Å²) in [4.78, 5) is 16.4. The first kappa shape index (κ1) is 25.5. The smallest absolute Gasteiger partial charge is 0.189 e. The van der Waals surface area contributed by atoms with Crippen LogP contribution < -0.4 is 0 Å². The van der Waals surface area contributed by atoms with Crippen LogP contribution >= 0.6 is 0 Å². The van der Waals surface area contributed by atoms with Crippen molar-refractivity contribution in [3.05, 3.63) is 59.7 Å². The summed E-state index contributed by atoms with van der Waals surface area (Å²) in [6.45, 7) is 5.83. The lowest BCUT2D eigenvalue weighted by Gasteiger charge is -2.71. The fourth-order valence-corrected chi connectivity index (χ4v) is 10.0. The van der Waals surface area contributed by atoms with E-state index in [1.807, 2.05) is 37.4 Å². The largest absolute Gasteiger partial charge is 0.395 e. The first-order valence-corrected chi connectivity index (χ1v) is 14.3. The van der Waals surface area contributed by atoms with Crippen LogP contribution in [0.4, 0.5) is 0 Å². The molecule has 3 N–H and O–H groups in total. The molecule has 1 aromatic carbocycles. The van der Waals surface area contributed by atoms with Gasteiger partial charge in [0.1, 0.15) is 0 Å². The van der Waals surface area contributed by atoms with E-state index in [1.54, 1.807) is 0 Å². The number of aliphatic hydroxyl groups excluding tert-OH is 2. The monoisotopic (exact) mass is 505 g/mol. The molecule has 0 saturated heterocycles. The van der Waals surface area contributed by atoms with Crippen molar-refractivity contribution >= 4 is 5.78 Å². The van der Waals surface area contributed by atoms with Crippen molar-refractivity contribution in [3.8, 4) is 0 Å². The van der Waals surface area contributed by atoms with E-state index in [4.69, 9.17) is 0 Å². The standard InChI is InChI=1S/C32H43NO4/c1-28-12-9-23(35)19-30(28)15-16-32(24(20-30)27(36)22-7-5-4-6-8-22)25(28)10-13-29(2)26(32)11-14-31(29,37)21-33(3)17-18-34/h4-8,15-16,20,23,25-26,34-35,37H,9-14,17-19,21H2,1-3H3. The molecule has 200 valence electrons. The second-order valence-corrected chi connectivity index (χ2v) is 13.5. The van der Waals surface area contributed by atoms with Crippen LogP contribution in [0.25, 0.3) is 0 Å². The molecule has 1 aromatic rings. The van der Waals surface area contributed by atoms with Gasteiger partial charge >= 0.3 is 0 Å². The Morgan fingerprint density at radius 3 is 2.41 bits per heavy atom. The summed E-state index contributed by atoms with van der Waals surface area (Å²) < 4.78 is 0. The summed E-state index contributed by atoms with van der Waals surface area (Å²) in [7, 11) is 1.98. The number of aliphatic hydroxyl groups is 3. The van der Waals surface area contributed by atoms with Gasteiger partial charge in [-0.05, 0) is 69.2 Å². The Morgan fingerprint density at radius 1 is 1.00 bits per heavy atom. The molecule has 8 atom stereocenters. The van der Waals surface area contributed by atoms with Crippen molar-refractivity contribution < 1.29 is 20.1 Å². The van der Waals surface area contributed by atoms with Gasteiger partial charge in [-0.15, -0.1) is 0 Å². The van der Waals surface area contributed by atoms with Gasteiger partial charge in [-0.3, -0.25) is 4.79 Å². The minimum absolute atomic E-state index is 0.0167. The van der Waals surface area contributed by atoms with Crippen LogP contribution in [-0.2, 0) is 0 Å². The maximum absolute atomic E-state index is 14.4. The third-order valence-corrected chi connectivity index (χ3v) is 12.0. The predicted molar refractivity (Wildman–Crippen MR) is 144 cm³/mol. The van der Waals surface area contributed by atoms with Crippen LogP contribution in [-0.4, -0.2) is 64.5 Å². The number of nitrogens with zero attached hydrogens (tertiary/aromatic N) is 1. The van der Waals surface area contributed by atoms with E-state index in [0.717, 1.165) is 43.2 Å². The Balaban J connectivity index is 1.51. The summed E-state index contributed by atoms with van der Waals surface area (Å²) in [5.41, 5.74) is -0.319. The maximum Gasteiger partial charge on any atom is 0.189 e. The number of fused-ring (bicyclic) bond motifs is 1. The number of rotatable bonds is 6. The number of hydrogen-bond donors (Lipinski definition) is 3. The number of carbonyl (C=O) groups is 1. The average molecular weight is 506 g/mol. The molecule has 7 rings (SSSR count). The molecule has 6 aliphatic carbocycles. The van der Waals surface area contributed by atoms with Crippen LogP contribution in [0, 0.1) is 33.5 Å². The highest BCUT2D eigenvalue weighted by Crippen LogP contribution is 2.78. The number of Topliss-reactive ketones (excluding diaryl/α,β-unsaturated/α-hetero) is 1. The molecule has 2 bridgehead atoms. The van der Waals surface area contributed by atoms with Gasteiger partial charge < -0.3 is 20.2 Å². The molecule has 5 nitrogen and oxygen atoms in total. The lowest BCUT2D eigenvalue weighted by atomic mass is 9.32. The Morgan fingerprint density at radius 2 is 1.68 bits per heavy atom. The SMILES string of the molecule is CN(CCO)CC1(O)CCC2C34C=CC5(C=C3C(=O)c3ccccc3)CC(O)CCC5(C)C4CCC21C. The minimum Gasteiger partial charge on any atom is -0.395 e. The van der Waals surface area contributed by atoms with Crippen LogP contribution in [0.1, 0.15) is 69.2 Å². The highest BCUT2D eigenvalue weighted by Gasteiger charge is 2.74. The van der Waals surface area contributed by atoms with E-state index >= 15 is 0 Å². The van der Waals surface area contributed by atoms with E-state index < -0.39 is 11.0 Å². The number of carbonyl (C=O) groups excluding carboxylic acids is 1. The zero-order valence-electron chi connectivity index (χ0n) is 22.6. The third-order valence-electron chi connectivity index (χ3n) is 12.0. The molecule has 8 unspecified atom stereocenters. The van der Waals surface area contributed by atoms with E-state index in [0.29, 0.717) is 31.8 Å². The van der Waals surface area contributed by atoms with Gasteiger partial charge in [0.05, 0.1) is 18.3 Å². The zero-order chi connectivity index (χ0) is 26.3. The summed E-state index contributed by atoms with van der Waals surface area (Å²) in [5, 5.41) is 32.5. The molecule has 2 spiro atoms. The van der Waals surface area contributed by atoms with Crippen molar-refractivity contribution in [3.63, 3.8) is 0 Å². The molecule has 0 heterocycles. The molecule has 37 heavy (non-hydrogen) atoms. The first-order valence-electron chi connectivity index (χ1n) is 14.3. The fraction of sp³-hybridized carbons (Fsp3) is 0.656. The molecule has 3 fully saturated rings. The lowest BCUT2D eigenvalue weighted by Crippen LogP contribution is -2.67. The fourth-order valence-electron chi connectivity index (χ4n) is 10.0. The minimum atomic E-state index is -0.869. The Bertz CT molecular complexity index is 1150. The van der Waals surface area contributed by atoms with Gasteiger partial charge in [-0.25, -0.2) is 0 Å².